The molecule has 5 aromatic rings. The monoisotopic (exact) mass is 927 g/mol. The van der Waals surface area contributed by atoms with E-state index in [0.29, 0.717) is 18.2 Å². The molecule has 0 amide bonds. The minimum atomic E-state index is -5.48. The maximum Gasteiger partial charge on any atom is 0.297 e. The van der Waals surface area contributed by atoms with E-state index in [9.17, 15) is 70.2 Å². The van der Waals surface area contributed by atoms with E-state index in [1.54, 1.807) is 0 Å². The van der Waals surface area contributed by atoms with E-state index in [4.69, 9.17) is 5.11 Å². The first-order chi connectivity index (χ1) is 27.8. The van der Waals surface area contributed by atoms with Crippen LogP contribution in [0, 0.1) is 0 Å². The lowest BCUT2D eigenvalue weighted by atomic mass is 9.93. The van der Waals surface area contributed by atoms with Gasteiger partial charge in [0.25, 0.3) is 46.5 Å². The molecule has 0 fully saturated rings. The van der Waals surface area contributed by atoms with Crippen LogP contribution in [0.25, 0.3) is 16.8 Å². The minimum Gasteiger partial charge on any atom is -0.480 e. The predicted molar refractivity (Wildman–Crippen MR) is 205 cm³/mol. The number of benzene rings is 4. The number of fused-ring (bicyclic) bond motifs is 2. The topological polar surface area (TPSA) is 403 Å². The van der Waals surface area contributed by atoms with Crippen molar-refractivity contribution >= 4 is 95.7 Å². The van der Waals surface area contributed by atoms with Gasteiger partial charge in [0, 0.05) is 10.8 Å². The molecule has 29 heteroatoms. The first-order valence-electron chi connectivity index (χ1n) is 15.9. The molecule has 24 nitrogen and oxygen atoms in total. The number of hydrazone groups is 1. The van der Waals surface area contributed by atoms with Crippen molar-refractivity contribution in [1.82, 2.24) is 15.0 Å². The summed E-state index contributed by atoms with van der Waals surface area (Å²) in [7, 11) is -24.8. The zero-order chi connectivity index (χ0) is 44.2. The number of carbonyl (C=O) groups excluding carboxylic acids is 1. The number of H-pyrrole nitrogens is 2. The van der Waals surface area contributed by atoms with Crippen molar-refractivity contribution in [3.05, 3.63) is 94.0 Å². The molecule has 60 heavy (non-hydrogen) atoms. The Kier molecular flexibility index (Phi) is 11.3. The summed E-state index contributed by atoms with van der Waals surface area (Å²) in [6.07, 6.45) is 0.540. The number of allylic oxidation sites excluding steroid dienone is 1. The first kappa shape index (κ1) is 43.6. The molecule has 0 bridgehead atoms. The fourth-order valence-corrected chi connectivity index (χ4v) is 9.52. The Hall–Kier alpha value is -6.02. The Morgan fingerprint density at radius 3 is 2.05 bits per heavy atom. The fourth-order valence-electron chi connectivity index (χ4n) is 5.71. The molecular weight excluding hydrogens is 903 g/mol. The highest BCUT2D eigenvalue weighted by molar-refractivity contribution is 7.91. The van der Waals surface area contributed by atoms with Gasteiger partial charge in [-0.2, -0.15) is 43.8 Å². The van der Waals surface area contributed by atoms with Crippen molar-refractivity contribution < 1.29 is 75.3 Å². The van der Waals surface area contributed by atoms with Crippen LogP contribution in [0.1, 0.15) is 15.9 Å². The van der Waals surface area contributed by atoms with Crippen molar-refractivity contribution in [2.45, 2.75) is 19.6 Å². The summed E-state index contributed by atoms with van der Waals surface area (Å²) in [5.74, 6) is -2.06. The number of sulfone groups is 1. The molecular formula is C31H25N7O17S5. The van der Waals surface area contributed by atoms with Crippen LogP contribution in [-0.4, -0.2) is 109 Å². The second kappa shape index (κ2) is 15.5. The molecule has 1 aromatic heterocycles. The average molecular weight is 928 g/mol. The van der Waals surface area contributed by atoms with Gasteiger partial charge in [-0.05, 0) is 54.1 Å². The summed E-state index contributed by atoms with van der Waals surface area (Å²) in [4.78, 5) is 26.4. The van der Waals surface area contributed by atoms with Gasteiger partial charge in [0.05, 0.1) is 44.8 Å². The van der Waals surface area contributed by atoms with Gasteiger partial charge in [-0.1, -0.05) is 24.3 Å². The van der Waals surface area contributed by atoms with E-state index in [0.717, 1.165) is 36.4 Å². The Labute approximate surface area is 337 Å². The second-order valence-electron chi connectivity index (χ2n) is 12.1. The summed E-state index contributed by atoms with van der Waals surface area (Å²) in [6.45, 7) is -0.670. The maximum absolute atomic E-state index is 14.2. The molecule has 9 N–H and O–H groups in total. The smallest absolute Gasteiger partial charge is 0.297 e. The van der Waals surface area contributed by atoms with Crippen molar-refractivity contribution in [3.8, 4) is 6.01 Å². The van der Waals surface area contributed by atoms with Gasteiger partial charge >= 0.3 is 0 Å². The van der Waals surface area contributed by atoms with Crippen LogP contribution in [0.4, 0.5) is 17.1 Å². The molecule has 0 unspecified atom stereocenters. The molecule has 0 spiro atoms. The highest BCUT2D eigenvalue weighted by atomic mass is 32.2. The summed E-state index contributed by atoms with van der Waals surface area (Å²) >= 11 is 0. The molecule has 316 valence electrons. The maximum atomic E-state index is 14.2. The van der Waals surface area contributed by atoms with Crippen molar-refractivity contribution in [2.24, 2.45) is 15.1 Å². The summed E-state index contributed by atoms with van der Waals surface area (Å²) < 4.78 is 164. The van der Waals surface area contributed by atoms with Crippen molar-refractivity contribution in [1.29, 1.82) is 0 Å². The van der Waals surface area contributed by atoms with Crippen LogP contribution in [0.15, 0.2) is 106 Å². The summed E-state index contributed by atoms with van der Waals surface area (Å²) in [5.41, 5.74) is -2.89. The number of aliphatic hydroxyl groups excluding tert-OH is 1. The number of aromatic nitrogens is 3. The number of nitrogens with one attached hydrogen (secondary N) is 3. The Balaban J connectivity index is 1.56. The third-order valence-electron chi connectivity index (χ3n) is 8.13. The first-order valence-corrected chi connectivity index (χ1v) is 23.4. The Morgan fingerprint density at radius 2 is 1.42 bits per heavy atom. The number of carbonyl (C=O) groups is 1. The number of rotatable bonds is 11. The molecule has 0 saturated carbocycles. The highest BCUT2D eigenvalue weighted by Gasteiger charge is 2.36. The molecule has 0 aliphatic heterocycles. The summed E-state index contributed by atoms with van der Waals surface area (Å²) in [5, 5.41) is 22.2. The lowest BCUT2D eigenvalue weighted by Crippen LogP contribution is -2.28. The van der Waals surface area contributed by atoms with Gasteiger partial charge < -0.3 is 10.2 Å². The SMILES string of the molecule is O=C1/C(=N/Nc2ccc3c(S(=O)(=O)O)cccc3c2S(=O)(=O)O)C(S(=O)(=O)O)=Cc2cc(S(=O)(=O)O)cc(N=c3[nH]c(O)nc(=Nc4cccc(S(=O)(=O)CCO)c4)[nH]3)c21. The van der Waals surface area contributed by atoms with E-state index >= 15 is 0 Å². The highest BCUT2D eigenvalue weighted by Crippen LogP contribution is 2.37. The molecule has 1 heterocycles. The number of aliphatic hydroxyl groups is 1. The van der Waals surface area contributed by atoms with Gasteiger partial charge in [0.1, 0.15) is 14.7 Å². The third kappa shape index (κ3) is 9.08. The van der Waals surface area contributed by atoms with Crippen LogP contribution >= 0.6 is 0 Å². The van der Waals surface area contributed by atoms with Crippen molar-refractivity contribution in [3.63, 3.8) is 0 Å². The summed E-state index contributed by atoms with van der Waals surface area (Å²) in [6, 6.07) is 10.1. The van der Waals surface area contributed by atoms with Gasteiger partial charge in [0.2, 0.25) is 17.0 Å². The second-order valence-corrected chi connectivity index (χ2v) is 19.8. The fraction of sp³-hybridized carbons (Fsp3) is 0.0645. The van der Waals surface area contributed by atoms with E-state index < -0.39 is 144 Å². The number of aromatic hydroxyl groups is 1. The number of Topliss-reactive ketones (excluding diaryl/α,β-unsaturated/α-hetero) is 1. The van der Waals surface area contributed by atoms with Crippen LogP contribution < -0.4 is 16.7 Å². The van der Waals surface area contributed by atoms with Gasteiger partial charge in [-0.15, -0.1) is 0 Å². The number of nitrogens with zero attached hydrogens (tertiary/aromatic N) is 4. The Morgan fingerprint density at radius 1 is 0.717 bits per heavy atom. The largest absolute Gasteiger partial charge is 0.480 e. The number of anilines is 1. The number of hydrogen-bond donors (Lipinski definition) is 9. The van der Waals surface area contributed by atoms with Crippen LogP contribution in [-0.2, 0) is 50.3 Å². The average Bonchev–Trinajstić information content (AvgIpc) is 3.11. The standard InChI is InChI=1S/C31H25N7O17S5/c39-9-10-56(42,43)17-4-1-3-16(13-17)32-29-34-30(36-31(41)35-29)33-22-14-18(57(44,45)46)11-15-12-24(59(50,51)52)26(27(40)25(15)22)38-37-21-8-7-19-20(28(21)60(53,54)55)5-2-6-23(19)58(47,48)49/h1-8,11-14,37,39H,9-10H2,(H,44,45,46)(H,47,48,49)(H,50,51,52)(H,53,54,55)(H3,32,33,34,35,36,41)/b38-26+. The van der Waals surface area contributed by atoms with Crippen LogP contribution in [0.5, 0.6) is 6.01 Å². The van der Waals surface area contributed by atoms with Gasteiger partial charge in [-0.3, -0.25) is 38.4 Å². The molecule has 1 aliphatic carbocycles. The zero-order valence-electron chi connectivity index (χ0n) is 29.3. The van der Waals surface area contributed by atoms with Crippen molar-refractivity contribution in [2.75, 3.05) is 17.8 Å². The zero-order valence-corrected chi connectivity index (χ0v) is 33.4. The van der Waals surface area contributed by atoms with Crippen LogP contribution in [0.3, 0.4) is 0 Å². The quantitative estimate of drug-likeness (QED) is 0.0641. The number of ketones is 1. The third-order valence-corrected chi connectivity index (χ3v) is 13.4. The molecule has 0 atom stereocenters. The lowest BCUT2D eigenvalue weighted by Gasteiger charge is -2.19. The molecule has 0 radical (unpaired) electrons. The minimum absolute atomic E-state index is 0.0473. The van der Waals surface area contributed by atoms with E-state index in [2.05, 4.69) is 35.5 Å². The van der Waals surface area contributed by atoms with E-state index in [1.807, 2.05) is 0 Å². The van der Waals surface area contributed by atoms with Crippen LogP contribution in [0.2, 0.25) is 0 Å². The molecule has 0 saturated heterocycles. The molecule has 1 aliphatic rings. The molecule has 4 aromatic carbocycles. The normalized spacial score (nSPS) is 15.3. The lowest BCUT2D eigenvalue weighted by molar-refractivity contribution is 0.106. The van der Waals surface area contributed by atoms with E-state index in [-0.39, 0.29) is 10.6 Å². The predicted octanol–water partition coefficient (Wildman–Crippen LogP) is 0.461. The van der Waals surface area contributed by atoms with E-state index in [1.165, 1.54) is 18.2 Å². The number of hydrogen-bond acceptors (Lipinski definition) is 18. The molecule has 6 rings (SSSR count). The number of aromatic amines is 2. The van der Waals surface area contributed by atoms with Gasteiger partial charge in [-0.25, -0.2) is 18.4 Å². The van der Waals surface area contributed by atoms with Gasteiger partial charge in [0.15, 0.2) is 15.5 Å². The Bertz CT molecular complexity index is 3470.